The van der Waals surface area contributed by atoms with Crippen molar-refractivity contribution in [2.24, 2.45) is 5.92 Å². The molecule has 0 aromatic heterocycles. The van der Waals surface area contributed by atoms with Crippen LogP contribution in [0.25, 0.3) is 0 Å². The number of likely N-dealkylation sites (tertiary alicyclic amines) is 1. The van der Waals surface area contributed by atoms with E-state index in [1.54, 1.807) is 12.0 Å². The van der Waals surface area contributed by atoms with Gasteiger partial charge in [-0.2, -0.15) is 0 Å². The van der Waals surface area contributed by atoms with Gasteiger partial charge < -0.3 is 19.7 Å². The van der Waals surface area contributed by atoms with Gasteiger partial charge in [-0.3, -0.25) is 9.59 Å². The number of nitrogens with zero attached hydrogens (tertiary/aromatic N) is 1. The summed E-state index contributed by atoms with van der Waals surface area (Å²) in [4.78, 5) is 26.7. The third-order valence-corrected chi connectivity index (χ3v) is 4.81. The number of hydrogen-bond donors (Lipinski definition) is 1. The fourth-order valence-electron chi connectivity index (χ4n) is 3.29. The van der Waals surface area contributed by atoms with E-state index < -0.39 is 0 Å². The number of carbonyl (C=O) groups is 2. The molecule has 6 nitrogen and oxygen atoms in total. The monoisotopic (exact) mass is 382 g/mol. The van der Waals surface area contributed by atoms with Crippen molar-refractivity contribution in [3.8, 4) is 5.75 Å². The van der Waals surface area contributed by atoms with Gasteiger partial charge in [-0.25, -0.2) is 0 Å². The lowest BCUT2D eigenvalue weighted by Gasteiger charge is -2.32. The summed E-state index contributed by atoms with van der Waals surface area (Å²) in [5.41, 5.74) is 1.73. The lowest BCUT2D eigenvalue weighted by Crippen LogP contribution is -2.45. The van der Waals surface area contributed by atoms with Crippen LogP contribution in [0.15, 0.2) is 54.6 Å². The maximum atomic E-state index is 12.5. The lowest BCUT2D eigenvalue weighted by atomic mass is 9.97. The first kappa shape index (κ1) is 19.9. The smallest absolute Gasteiger partial charge is 0.248 e. The van der Waals surface area contributed by atoms with Crippen molar-refractivity contribution in [2.75, 3.05) is 32.1 Å². The quantitative estimate of drug-likeness (QED) is 0.799. The summed E-state index contributed by atoms with van der Waals surface area (Å²) < 4.78 is 10.8. The number of piperidine rings is 1. The molecule has 0 bridgehead atoms. The first-order chi connectivity index (χ1) is 13.7. The Balaban J connectivity index is 1.46. The average molecular weight is 382 g/mol. The van der Waals surface area contributed by atoms with Gasteiger partial charge in [0.15, 0.2) is 0 Å². The van der Waals surface area contributed by atoms with Gasteiger partial charge in [-0.15, -0.1) is 0 Å². The molecule has 3 rings (SSSR count). The molecule has 148 valence electrons. The third kappa shape index (κ3) is 5.57. The van der Waals surface area contributed by atoms with Gasteiger partial charge in [0.25, 0.3) is 0 Å². The molecular weight excluding hydrogens is 356 g/mol. The van der Waals surface area contributed by atoms with Crippen molar-refractivity contribution >= 4 is 17.5 Å². The number of amides is 2. The summed E-state index contributed by atoms with van der Waals surface area (Å²) in [6.45, 7) is 1.44. The van der Waals surface area contributed by atoms with Crippen molar-refractivity contribution in [2.45, 2.75) is 19.4 Å². The van der Waals surface area contributed by atoms with Crippen LogP contribution in [0.1, 0.15) is 18.4 Å². The number of methoxy groups -OCH3 is 1. The largest absolute Gasteiger partial charge is 0.497 e. The van der Waals surface area contributed by atoms with Gasteiger partial charge in [0.05, 0.1) is 19.6 Å². The predicted molar refractivity (Wildman–Crippen MR) is 107 cm³/mol. The number of rotatable bonds is 7. The van der Waals surface area contributed by atoms with Crippen molar-refractivity contribution < 1.29 is 19.1 Å². The minimum Gasteiger partial charge on any atom is -0.497 e. The zero-order valence-corrected chi connectivity index (χ0v) is 16.1. The van der Waals surface area contributed by atoms with Gasteiger partial charge in [0.1, 0.15) is 12.4 Å². The zero-order valence-electron chi connectivity index (χ0n) is 16.1. The number of nitrogens with one attached hydrogen (secondary N) is 1. The van der Waals surface area contributed by atoms with Gasteiger partial charge in [-0.1, -0.05) is 30.3 Å². The standard InChI is InChI=1S/C22H26N2O4/c1-27-20-11-5-7-17(13-20)15-28-16-21(25)24-12-6-8-18(14-24)22(26)23-19-9-3-2-4-10-19/h2-5,7,9-11,13,18H,6,8,12,14-16H2,1H3,(H,23,26). The van der Waals surface area contributed by atoms with Crippen molar-refractivity contribution in [3.63, 3.8) is 0 Å². The highest BCUT2D eigenvalue weighted by Gasteiger charge is 2.28. The molecular formula is C22H26N2O4. The van der Waals surface area contributed by atoms with Gasteiger partial charge in [0, 0.05) is 18.8 Å². The Kier molecular flexibility index (Phi) is 7.03. The van der Waals surface area contributed by atoms with Crippen LogP contribution in [0.3, 0.4) is 0 Å². The normalized spacial score (nSPS) is 16.5. The fourth-order valence-corrected chi connectivity index (χ4v) is 3.29. The van der Waals surface area contributed by atoms with E-state index >= 15 is 0 Å². The molecule has 2 aromatic carbocycles. The minimum absolute atomic E-state index is 0.00420. The summed E-state index contributed by atoms with van der Waals surface area (Å²) in [6.07, 6.45) is 1.60. The number of benzene rings is 2. The molecule has 6 heteroatoms. The van der Waals surface area contributed by atoms with Crippen molar-refractivity contribution in [3.05, 3.63) is 60.2 Å². The summed E-state index contributed by atoms with van der Waals surface area (Å²) in [5, 5.41) is 2.93. The SMILES string of the molecule is COc1cccc(COCC(=O)N2CCCC(C(=O)Nc3ccccc3)C2)c1. The van der Waals surface area contributed by atoms with E-state index in [-0.39, 0.29) is 24.3 Å². The van der Waals surface area contributed by atoms with E-state index in [0.29, 0.717) is 19.7 Å². The zero-order chi connectivity index (χ0) is 19.8. The molecule has 2 aromatic rings. The van der Waals surface area contributed by atoms with Gasteiger partial charge in [-0.05, 0) is 42.7 Å². The Labute approximate surface area is 165 Å². The molecule has 1 fully saturated rings. The molecule has 0 radical (unpaired) electrons. The van der Waals surface area contributed by atoms with Crippen LogP contribution < -0.4 is 10.1 Å². The molecule has 0 aliphatic carbocycles. The molecule has 2 amide bonds. The third-order valence-electron chi connectivity index (χ3n) is 4.81. The maximum absolute atomic E-state index is 12.5. The summed E-state index contributed by atoms with van der Waals surface area (Å²) in [5.74, 6) is 0.438. The summed E-state index contributed by atoms with van der Waals surface area (Å²) >= 11 is 0. The van der Waals surface area contributed by atoms with E-state index in [4.69, 9.17) is 9.47 Å². The Hall–Kier alpha value is -2.86. The van der Waals surface area contributed by atoms with Gasteiger partial charge >= 0.3 is 0 Å². The number of para-hydroxylation sites is 1. The number of carbonyl (C=O) groups excluding carboxylic acids is 2. The Morgan fingerprint density at radius 2 is 1.96 bits per heavy atom. The van der Waals surface area contributed by atoms with E-state index in [1.165, 1.54) is 0 Å². The summed E-state index contributed by atoms with van der Waals surface area (Å²) in [7, 11) is 1.62. The fraction of sp³-hybridized carbons (Fsp3) is 0.364. The lowest BCUT2D eigenvalue weighted by molar-refractivity contribution is -0.139. The number of anilines is 1. The minimum atomic E-state index is -0.198. The highest BCUT2D eigenvalue weighted by Crippen LogP contribution is 2.19. The highest BCUT2D eigenvalue weighted by molar-refractivity contribution is 5.93. The molecule has 1 N–H and O–H groups in total. The maximum Gasteiger partial charge on any atom is 0.248 e. The van der Waals surface area contributed by atoms with E-state index in [9.17, 15) is 9.59 Å². The molecule has 1 aliphatic rings. The molecule has 1 aliphatic heterocycles. The Morgan fingerprint density at radius 1 is 1.14 bits per heavy atom. The van der Waals surface area contributed by atoms with Crippen LogP contribution in [-0.4, -0.2) is 43.5 Å². The van der Waals surface area contributed by atoms with Gasteiger partial charge in [0.2, 0.25) is 11.8 Å². The van der Waals surface area contributed by atoms with Crippen molar-refractivity contribution in [1.29, 1.82) is 0 Å². The molecule has 0 saturated carbocycles. The average Bonchev–Trinajstić information content (AvgIpc) is 2.74. The second kappa shape index (κ2) is 9.90. The molecule has 1 heterocycles. The highest BCUT2D eigenvalue weighted by atomic mass is 16.5. The Bertz CT molecular complexity index is 794. The van der Waals surface area contributed by atoms with E-state index in [1.807, 2.05) is 54.6 Å². The number of ether oxygens (including phenoxy) is 2. The van der Waals surface area contributed by atoms with Crippen LogP contribution in [0.4, 0.5) is 5.69 Å². The topological polar surface area (TPSA) is 67.9 Å². The predicted octanol–water partition coefficient (Wildman–Crippen LogP) is 3.09. The van der Waals surface area contributed by atoms with Crippen LogP contribution >= 0.6 is 0 Å². The van der Waals surface area contributed by atoms with Crippen LogP contribution in [0.5, 0.6) is 5.75 Å². The van der Waals surface area contributed by atoms with Crippen LogP contribution in [0, 0.1) is 5.92 Å². The molecule has 0 spiro atoms. The van der Waals surface area contributed by atoms with E-state index in [0.717, 1.165) is 29.8 Å². The Morgan fingerprint density at radius 3 is 2.75 bits per heavy atom. The van der Waals surface area contributed by atoms with Crippen molar-refractivity contribution in [1.82, 2.24) is 4.90 Å². The first-order valence-electron chi connectivity index (χ1n) is 9.50. The summed E-state index contributed by atoms with van der Waals surface area (Å²) in [6, 6.07) is 16.9. The van der Waals surface area contributed by atoms with Crippen LogP contribution in [0.2, 0.25) is 0 Å². The van der Waals surface area contributed by atoms with Crippen LogP contribution in [-0.2, 0) is 20.9 Å². The molecule has 1 saturated heterocycles. The molecule has 28 heavy (non-hydrogen) atoms. The first-order valence-corrected chi connectivity index (χ1v) is 9.50. The second-order valence-electron chi connectivity index (χ2n) is 6.88. The molecule has 1 atom stereocenters. The number of hydrogen-bond acceptors (Lipinski definition) is 4. The van der Waals surface area contributed by atoms with E-state index in [2.05, 4.69) is 5.32 Å². The second-order valence-corrected chi connectivity index (χ2v) is 6.88. The molecule has 1 unspecified atom stereocenters.